The molecular weight excluding hydrogens is 227 g/mol. The van der Waals surface area contributed by atoms with Crippen LogP contribution >= 0.6 is 0 Å². The van der Waals surface area contributed by atoms with Crippen LogP contribution in [-0.4, -0.2) is 12.4 Å². The van der Waals surface area contributed by atoms with Gasteiger partial charge in [0.05, 0.1) is 12.4 Å². The van der Waals surface area contributed by atoms with Crippen molar-refractivity contribution in [1.82, 2.24) is 0 Å². The van der Waals surface area contributed by atoms with Crippen molar-refractivity contribution < 1.29 is 4.39 Å². The summed E-state index contributed by atoms with van der Waals surface area (Å²) >= 11 is 0. The van der Waals surface area contributed by atoms with Gasteiger partial charge < -0.3 is 0 Å². The van der Waals surface area contributed by atoms with Crippen LogP contribution < -0.4 is 0 Å². The average Bonchev–Trinajstić information content (AvgIpc) is 2.39. The highest BCUT2D eigenvalue weighted by Crippen LogP contribution is 2.01. The lowest BCUT2D eigenvalue weighted by Gasteiger charge is -1.92. The number of hydrogen-bond donors (Lipinski definition) is 0. The second-order valence-electron chi connectivity index (χ2n) is 3.95. The zero-order valence-corrected chi connectivity index (χ0v) is 10.0. The first-order valence-electron chi connectivity index (χ1n) is 5.63. The Morgan fingerprint density at radius 2 is 1.22 bits per heavy atom. The summed E-state index contributed by atoms with van der Waals surface area (Å²) in [5.74, 6) is -0.254. The molecule has 0 N–H and O–H groups in total. The third-order valence-electron chi connectivity index (χ3n) is 2.43. The van der Waals surface area contributed by atoms with E-state index in [4.69, 9.17) is 0 Å². The Morgan fingerprint density at radius 3 is 1.72 bits per heavy atom. The number of nitrogens with zero attached hydrogens (tertiary/aromatic N) is 2. The molecule has 0 spiro atoms. The van der Waals surface area contributed by atoms with Crippen LogP contribution in [0.5, 0.6) is 0 Å². The van der Waals surface area contributed by atoms with Crippen LogP contribution in [0.15, 0.2) is 58.7 Å². The van der Waals surface area contributed by atoms with Crippen LogP contribution in [0, 0.1) is 12.7 Å². The minimum Gasteiger partial charge on any atom is -0.207 e. The fourth-order valence-corrected chi connectivity index (χ4v) is 1.40. The van der Waals surface area contributed by atoms with E-state index in [9.17, 15) is 4.39 Å². The highest BCUT2D eigenvalue weighted by molar-refractivity contribution is 5.82. The summed E-state index contributed by atoms with van der Waals surface area (Å²) in [7, 11) is 0. The second kappa shape index (κ2) is 5.87. The van der Waals surface area contributed by atoms with Gasteiger partial charge in [0.1, 0.15) is 5.82 Å². The maximum atomic E-state index is 12.7. The van der Waals surface area contributed by atoms with Gasteiger partial charge in [0.2, 0.25) is 0 Å². The monoisotopic (exact) mass is 240 g/mol. The molecule has 2 aromatic carbocycles. The van der Waals surface area contributed by atoms with Crippen molar-refractivity contribution in [3.8, 4) is 0 Å². The third-order valence-corrected chi connectivity index (χ3v) is 2.43. The summed E-state index contributed by atoms with van der Waals surface area (Å²) in [6.07, 6.45) is 3.27. The maximum Gasteiger partial charge on any atom is 0.123 e. The van der Waals surface area contributed by atoms with Gasteiger partial charge in [0.25, 0.3) is 0 Å². The van der Waals surface area contributed by atoms with Gasteiger partial charge in [-0.3, -0.25) is 0 Å². The Bertz CT molecular complexity index is 501. The van der Waals surface area contributed by atoms with Crippen molar-refractivity contribution in [1.29, 1.82) is 0 Å². The summed E-state index contributed by atoms with van der Waals surface area (Å²) in [5, 5.41) is 7.85. The van der Waals surface area contributed by atoms with E-state index in [-0.39, 0.29) is 5.82 Å². The Hall–Kier alpha value is -2.29. The van der Waals surface area contributed by atoms with Crippen molar-refractivity contribution in [3.05, 3.63) is 71.0 Å². The molecule has 90 valence electrons. The fraction of sp³-hybridized carbons (Fsp3) is 0.0667. The van der Waals surface area contributed by atoms with Crippen molar-refractivity contribution in [3.63, 3.8) is 0 Å². The minimum atomic E-state index is -0.254. The largest absolute Gasteiger partial charge is 0.207 e. The predicted octanol–water partition coefficient (Wildman–Crippen LogP) is 3.59. The van der Waals surface area contributed by atoms with Crippen LogP contribution in [0.3, 0.4) is 0 Å². The molecule has 18 heavy (non-hydrogen) atoms. The zero-order valence-electron chi connectivity index (χ0n) is 10.0. The molecule has 0 heterocycles. The molecular formula is C15H13FN2. The lowest BCUT2D eigenvalue weighted by atomic mass is 10.2. The second-order valence-corrected chi connectivity index (χ2v) is 3.95. The lowest BCUT2D eigenvalue weighted by molar-refractivity contribution is 0.628. The average molecular weight is 240 g/mol. The van der Waals surface area contributed by atoms with Crippen molar-refractivity contribution in [2.24, 2.45) is 10.2 Å². The Kier molecular flexibility index (Phi) is 3.97. The first kappa shape index (κ1) is 12.2. The van der Waals surface area contributed by atoms with Crippen molar-refractivity contribution >= 4 is 12.4 Å². The molecule has 0 saturated heterocycles. The summed E-state index contributed by atoms with van der Waals surface area (Å²) in [6.45, 7) is 2.04. The van der Waals surface area contributed by atoms with Gasteiger partial charge in [-0.2, -0.15) is 10.2 Å². The molecule has 0 saturated carbocycles. The molecule has 0 unspecified atom stereocenters. The fourth-order valence-electron chi connectivity index (χ4n) is 1.40. The number of halogens is 1. The summed E-state index contributed by atoms with van der Waals surface area (Å²) in [4.78, 5) is 0. The summed E-state index contributed by atoms with van der Waals surface area (Å²) in [6, 6.07) is 14.1. The molecule has 2 nitrogen and oxygen atoms in total. The first-order chi connectivity index (χ1) is 8.74. The quantitative estimate of drug-likeness (QED) is 0.578. The van der Waals surface area contributed by atoms with Crippen LogP contribution in [-0.2, 0) is 0 Å². The van der Waals surface area contributed by atoms with Crippen LogP contribution in [0.2, 0.25) is 0 Å². The molecule has 0 radical (unpaired) electrons. The van der Waals surface area contributed by atoms with E-state index in [1.165, 1.54) is 17.7 Å². The maximum absolute atomic E-state index is 12.7. The number of benzene rings is 2. The predicted molar refractivity (Wildman–Crippen MR) is 72.8 cm³/mol. The van der Waals surface area contributed by atoms with E-state index in [0.717, 1.165) is 11.1 Å². The standard InChI is InChI=1S/C15H13FN2/c1-12-2-4-13(5-3-12)10-17-18-11-14-6-8-15(16)9-7-14/h2-11H,1H3/b17-10+,18-11+. The normalized spacial score (nSPS) is 11.4. The van der Waals surface area contributed by atoms with E-state index in [2.05, 4.69) is 10.2 Å². The molecule has 2 rings (SSSR count). The van der Waals surface area contributed by atoms with Crippen molar-refractivity contribution in [2.75, 3.05) is 0 Å². The van der Waals surface area contributed by atoms with Gasteiger partial charge in [-0.25, -0.2) is 4.39 Å². The first-order valence-corrected chi connectivity index (χ1v) is 5.63. The molecule has 2 aromatic rings. The molecule has 3 heteroatoms. The third kappa shape index (κ3) is 3.63. The zero-order chi connectivity index (χ0) is 12.8. The van der Waals surface area contributed by atoms with E-state index in [1.54, 1.807) is 24.6 Å². The molecule has 0 atom stereocenters. The van der Waals surface area contributed by atoms with Gasteiger partial charge in [0, 0.05) is 0 Å². The Balaban J connectivity index is 1.98. The Morgan fingerprint density at radius 1 is 0.778 bits per heavy atom. The van der Waals surface area contributed by atoms with E-state index >= 15 is 0 Å². The molecule has 0 aliphatic rings. The van der Waals surface area contributed by atoms with Gasteiger partial charge in [-0.05, 0) is 30.2 Å². The summed E-state index contributed by atoms with van der Waals surface area (Å²) < 4.78 is 12.7. The molecule has 0 fully saturated rings. The lowest BCUT2D eigenvalue weighted by Crippen LogP contribution is -1.82. The van der Waals surface area contributed by atoms with Crippen LogP contribution in [0.4, 0.5) is 4.39 Å². The SMILES string of the molecule is Cc1ccc(/C=N/N=C/c2ccc(F)cc2)cc1. The smallest absolute Gasteiger partial charge is 0.123 e. The van der Waals surface area contributed by atoms with Crippen molar-refractivity contribution in [2.45, 2.75) is 6.92 Å². The van der Waals surface area contributed by atoms with Gasteiger partial charge >= 0.3 is 0 Å². The highest BCUT2D eigenvalue weighted by atomic mass is 19.1. The molecule has 0 aromatic heterocycles. The molecule has 0 amide bonds. The van der Waals surface area contributed by atoms with Crippen LogP contribution in [0.25, 0.3) is 0 Å². The molecule has 0 bridgehead atoms. The summed E-state index contributed by atoms with van der Waals surface area (Å²) in [5.41, 5.74) is 3.02. The highest BCUT2D eigenvalue weighted by Gasteiger charge is 1.89. The van der Waals surface area contributed by atoms with E-state index < -0.39 is 0 Å². The topological polar surface area (TPSA) is 24.7 Å². The minimum absolute atomic E-state index is 0.254. The molecule has 0 aliphatic carbocycles. The Labute approximate surface area is 106 Å². The van der Waals surface area contributed by atoms with Gasteiger partial charge in [-0.15, -0.1) is 0 Å². The number of rotatable bonds is 3. The number of aryl methyl sites for hydroxylation is 1. The van der Waals surface area contributed by atoms with Gasteiger partial charge in [-0.1, -0.05) is 42.0 Å². The van der Waals surface area contributed by atoms with Gasteiger partial charge in [0.15, 0.2) is 0 Å². The molecule has 0 aliphatic heterocycles. The van der Waals surface area contributed by atoms with E-state index in [1.807, 2.05) is 31.2 Å². The number of hydrogen-bond acceptors (Lipinski definition) is 2. The van der Waals surface area contributed by atoms with E-state index in [0.29, 0.717) is 0 Å². The van der Waals surface area contributed by atoms with Crippen LogP contribution in [0.1, 0.15) is 16.7 Å².